The minimum absolute atomic E-state index is 0.204. The molecule has 1 aromatic heterocycles. The van der Waals surface area contributed by atoms with Gasteiger partial charge in [-0.25, -0.2) is 4.79 Å². The SMILES string of the molecule is CCCNC(=O)c1sc(NC2CC2)c(C(=O)OCC)c1N. The maximum Gasteiger partial charge on any atom is 0.343 e. The van der Waals surface area contributed by atoms with Crippen LogP contribution in [0.2, 0.25) is 0 Å². The van der Waals surface area contributed by atoms with Crippen LogP contribution in [0.4, 0.5) is 10.7 Å². The number of hydrogen-bond acceptors (Lipinski definition) is 6. The van der Waals surface area contributed by atoms with E-state index >= 15 is 0 Å². The number of amides is 1. The van der Waals surface area contributed by atoms with Crippen LogP contribution in [0.1, 0.15) is 53.1 Å². The zero-order chi connectivity index (χ0) is 15.4. The molecule has 0 spiro atoms. The minimum Gasteiger partial charge on any atom is -0.462 e. The number of esters is 1. The third kappa shape index (κ3) is 3.66. The van der Waals surface area contributed by atoms with E-state index in [0.29, 0.717) is 22.5 Å². The summed E-state index contributed by atoms with van der Waals surface area (Å²) < 4.78 is 5.04. The van der Waals surface area contributed by atoms with E-state index in [0.717, 1.165) is 19.3 Å². The van der Waals surface area contributed by atoms with Gasteiger partial charge in [-0.05, 0) is 26.2 Å². The number of thiophene rings is 1. The Labute approximate surface area is 128 Å². The Hall–Kier alpha value is -1.76. The van der Waals surface area contributed by atoms with Crippen LogP contribution in [0, 0.1) is 0 Å². The van der Waals surface area contributed by atoms with Crippen molar-refractivity contribution in [1.29, 1.82) is 0 Å². The molecular weight excluding hydrogens is 290 g/mol. The molecule has 21 heavy (non-hydrogen) atoms. The molecule has 1 heterocycles. The summed E-state index contributed by atoms with van der Waals surface area (Å²) in [5, 5.41) is 6.67. The van der Waals surface area contributed by atoms with Crippen LogP contribution >= 0.6 is 11.3 Å². The number of rotatable bonds is 7. The van der Waals surface area contributed by atoms with Crippen LogP contribution < -0.4 is 16.4 Å². The highest BCUT2D eigenvalue weighted by molar-refractivity contribution is 7.19. The normalized spacial score (nSPS) is 13.8. The number of carbonyl (C=O) groups is 2. The summed E-state index contributed by atoms with van der Waals surface area (Å²) in [5.74, 6) is -0.724. The lowest BCUT2D eigenvalue weighted by atomic mass is 10.2. The molecule has 0 bridgehead atoms. The summed E-state index contributed by atoms with van der Waals surface area (Å²) in [7, 11) is 0. The Morgan fingerprint density at radius 3 is 2.67 bits per heavy atom. The zero-order valence-electron chi connectivity index (χ0n) is 12.3. The molecule has 0 aliphatic heterocycles. The Kier molecular flexibility index (Phi) is 5.06. The van der Waals surface area contributed by atoms with Crippen molar-refractivity contribution < 1.29 is 14.3 Å². The molecule has 0 atom stereocenters. The molecule has 0 unspecified atom stereocenters. The molecule has 2 rings (SSSR count). The second-order valence-electron chi connectivity index (χ2n) is 4.94. The van der Waals surface area contributed by atoms with E-state index in [-0.39, 0.29) is 23.8 Å². The highest BCUT2D eigenvalue weighted by Gasteiger charge is 2.30. The smallest absolute Gasteiger partial charge is 0.343 e. The van der Waals surface area contributed by atoms with Crippen molar-refractivity contribution in [2.45, 2.75) is 39.2 Å². The van der Waals surface area contributed by atoms with Gasteiger partial charge in [0.05, 0.1) is 12.3 Å². The van der Waals surface area contributed by atoms with Gasteiger partial charge in [0.15, 0.2) is 0 Å². The first-order valence-electron chi connectivity index (χ1n) is 7.22. The number of hydrogen-bond donors (Lipinski definition) is 3. The van der Waals surface area contributed by atoms with Gasteiger partial charge >= 0.3 is 5.97 Å². The van der Waals surface area contributed by atoms with Gasteiger partial charge in [0.2, 0.25) is 0 Å². The van der Waals surface area contributed by atoms with Crippen molar-refractivity contribution in [3.8, 4) is 0 Å². The number of ether oxygens (including phenoxy) is 1. The Balaban J connectivity index is 2.28. The van der Waals surface area contributed by atoms with E-state index in [9.17, 15) is 9.59 Å². The van der Waals surface area contributed by atoms with Crippen LogP contribution in [0.25, 0.3) is 0 Å². The standard InChI is InChI=1S/C14H21N3O3S/c1-3-7-16-12(18)11-10(15)9(14(19)20-4-2)13(21-11)17-8-5-6-8/h8,17H,3-7,15H2,1-2H3,(H,16,18). The molecule has 1 aliphatic rings. The van der Waals surface area contributed by atoms with Gasteiger partial charge in [-0.1, -0.05) is 6.92 Å². The van der Waals surface area contributed by atoms with Crippen LogP contribution in [0.3, 0.4) is 0 Å². The molecular formula is C14H21N3O3S. The molecule has 0 radical (unpaired) electrons. The zero-order valence-corrected chi connectivity index (χ0v) is 13.1. The highest BCUT2D eigenvalue weighted by Crippen LogP contribution is 2.39. The highest BCUT2D eigenvalue weighted by atomic mass is 32.1. The van der Waals surface area contributed by atoms with E-state index in [1.165, 1.54) is 11.3 Å². The number of nitrogens with one attached hydrogen (secondary N) is 2. The monoisotopic (exact) mass is 311 g/mol. The fourth-order valence-corrected chi connectivity index (χ4v) is 2.95. The average Bonchev–Trinajstić information content (AvgIpc) is 3.19. The second kappa shape index (κ2) is 6.80. The molecule has 1 saturated carbocycles. The summed E-state index contributed by atoms with van der Waals surface area (Å²) in [6.45, 7) is 4.57. The van der Waals surface area contributed by atoms with Crippen LogP contribution in [-0.2, 0) is 4.74 Å². The quantitative estimate of drug-likeness (QED) is 0.671. The third-order valence-electron chi connectivity index (χ3n) is 3.08. The fraction of sp³-hybridized carbons (Fsp3) is 0.571. The maximum atomic E-state index is 12.1. The third-order valence-corrected chi connectivity index (χ3v) is 4.21. The summed E-state index contributed by atoms with van der Waals surface area (Å²) in [6, 6.07) is 0.364. The second-order valence-corrected chi connectivity index (χ2v) is 5.96. The maximum absolute atomic E-state index is 12.1. The van der Waals surface area contributed by atoms with Gasteiger partial charge in [-0.3, -0.25) is 4.79 Å². The lowest BCUT2D eigenvalue weighted by Gasteiger charge is -2.06. The topological polar surface area (TPSA) is 93.5 Å². The number of nitrogens with two attached hydrogens (primary N) is 1. The van der Waals surface area contributed by atoms with Crippen molar-refractivity contribution in [1.82, 2.24) is 5.32 Å². The fourth-order valence-electron chi connectivity index (χ4n) is 1.85. The van der Waals surface area contributed by atoms with Gasteiger partial charge in [-0.15, -0.1) is 11.3 Å². The van der Waals surface area contributed by atoms with Crippen molar-refractivity contribution in [3.05, 3.63) is 10.4 Å². The number of nitrogen functional groups attached to an aromatic ring is 1. The molecule has 0 saturated heterocycles. The van der Waals surface area contributed by atoms with Gasteiger partial charge < -0.3 is 21.1 Å². The molecule has 6 nitrogen and oxygen atoms in total. The predicted octanol–water partition coefficient (Wildman–Crippen LogP) is 2.22. The van der Waals surface area contributed by atoms with E-state index in [4.69, 9.17) is 10.5 Å². The molecule has 1 amide bonds. The number of carbonyl (C=O) groups excluding carboxylic acids is 2. The first-order valence-corrected chi connectivity index (χ1v) is 8.04. The molecule has 1 aliphatic carbocycles. The summed E-state index contributed by atoms with van der Waals surface area (Å²) in [4.78, 5) is 24.6. The first kappa shape index (κ1) is 15.6. The Bertz CT molecular complexity index is 538. The molecule has 116 valence electrons. The Morgan fingerprint density at radius 2 is 2.10 bits per heavy atom. The van der Waals surface area contributed by atoms with Gasteiger partial charge in [0, 0.05) is 12.6 Å². The van der Waals surface area contributed by atoms with Gasteiger partial charge in [0.1, 0.15) is 15.4 Å². The van der Waals surface area contributed by atoms with Crippen molar-refractivity contribution in [2.24, 2.45) is 0 Å². The van der Waals surface area contributed by atoms with E-state index < -0.39 is 5.97 Å². The largest absolute Gasteiger partial charge is 0.462 e. The van der Waals surface area contributed by atoms with Crippen molar-refractivity contribution in [3.63, 3.8) is 0 Å². The predicted molar refractivity (Wildman–Crippen MR) is 84.0 cm³/mol. The number of anilines is 2. The average molecular weight is 311 g/mol. The first-order chi connectivity index (χ1) is 10.1. The summed E-state index contributed by atoms with van der Waals surface area (Å²) >= 11 is 1.22. The molecule has 0 aromatic carbocycles. The molecule has 4 N–H and O–H groups in total. The molecule has 1 aromatic rings. The molecule has 1 fully saturated rings. The lowest BCUT2D eigenvalue weighted by Crippen LogP contribution is -2.24. The molecule has 7 heteroatoms. The Morgan fingerprint density at radius 1 is 1.38 bits per heavy atom. The van der Waals surface area contributed by atoms with Crippen molar-refractivity contribution in [2.75, 3.05) is 24.2 Å². The summed E-state index contributed by atoms with van der Waals surface area (Å²) in [6.07, 6.45) is 2.98. The summed E-state index contributed by atoms with van der Waals surface area (Å²) in [5.41, 5.74) is 6.50. The van der Waals surface area contributed by atoms with E-state index in [1.54, 1.807) is 6.92 Å². The van der Waals surface area contributed by atoms with Crippen LogP contribution in [0.15, 0.2) is 0 Å². The van der Waals surface area contributed by atoms with Crippen LogP contribution in [0.5, 0.6) is 0 Å². The minimum atomic E-state index is -0.482. The van der Waals surface area contributed by atoms with Gasteiger partial charge in [0.25, 0.3) is 5.91 Å². The lowest BCUT2D eigenvalue weighted by molar-refractivity contribution is 0.0529. The van der Waals surface area contributed by atoms with E-state index in [1.807, 2.05) is 6.92 Å². The van der Waals surface area contributed by atoms with Gasteiger partial charge in [-0.2, -0.15) is 0 Å². The van der Waals surface area contributed by atoms with Crippen molar-refractivity contribution >= 4 is 33.9 Å². The van der Waals surface area contributed by atoms with E-state index in [2.05, 4.69) is 10.6 Å². The van der Waals surface area contributed by atoms with Crippen LogP contribution in [-0.4, -0.2) is 31.1 Å².